The molecule has 0 aliphatic carbocycles. The second-order valence-corrected chi connectivity index (χ2v) is 6.90. The van der Waals surface area contributed by atoms with Gasteiger partial charge in [0.2, 0.25) is 5.91 Å². The maximum absolute atomic E-state index is 12.9. The fraction of sp³-hybridized carbons (Fsp3) is 0.130. The van der Waals surface area contributed by atoms with Crippen LogP contribution in [0.25, 0.3) is 0 Å². The molecule has 7 heteroatoms. The molecule has 3 aromatic carbocycles. The molecule has 0 bridgehead atoms. The molecule has 0 aromatic heterocycles. The van der Waals surface area contributed by atoms with Gasteiger partial charge in [-0.15, -0.1) is 0 Å². The van der Waals surface area contributed by atoms with Crippen LogP contribution in [0.15, 0.2) is 66.7 Å². The Labute approximate surface area is 179 Å². The van der Waals surface area contributed by atoms with Gasteiger partial charge in [0, 0.05) is 17.6 Å². The molecule has 0 heterocycles. The van der Waals surface area contributed by atoms with Crippen LogP contribution in [0.5, 0.6) is 11.5 Å². The van der Waals surface area contributed by atoms with E-state index in [9.17, 15) is 9.59 Å². The van der Waals surface area contributed by atoms with Crippen LogP contribution in [0, 0.1) is 0 Å². The molecule has 3 rings (SSSR count). The summed E-state index contributed by atoms with van der Waals surface area (Å²) in [4.78, 5) is 24.3. The molecular weight excluding hydrogens is 404 g/mol. The normalized spacial score (nSPS) is 10.2. The number of methoxy groups -OCH3 is 1. The van der Waals surface area contributed by atoms with E-state index < -0.39 is 0 Å². The molecule has 0 unspecified atom stereocenters. The number of anilines is 2. The summed E-state index contributed by atoms with van der Waals surface area (Å²) in [5.41, 5.74) is 2.28. The summed E-state index contributed by atoms with van der Waals surface area (Å²) in [5.74, 6) is 0.345. The van der Waals surface area contributed by atoms with Crippen molar-refractivity contribution in [3.8, 4) is 11.5 Å². The van der Waals surface area contributed by atoms with Gasteiger partial charge >= 0.3 is 0 Å². The van der Waals surface area contributed by atoms with E-state index in [0.29, 0.717) is 40.1 Å². The number of carbonyl (C=O) groups excluding carboxylic acids is 2. The highest BCUT2D eigenvalue weighted by molar-refractivity contribution is 6.30. The maximum Gasteiger partial charge on any atom is 0.259 e. The molecule has 0 saturated heterocycles. The average molecular weight is 425 g/mol. The Hall–Kier alpha value is -3.51. The Balaban J connectivity index is 1.79. The third kappa shape index (κ3) is 5.52. The van der Waals surface area contributed by atoms with Crippen LogP contribution in [0.4, 0.5) is 11.4 Å². The Morgan fingerprint density at radius 2 is 1.67 bits per heavy atom. The number of ether oxygens (including phenoxy) is 2. The second kappa shape index (κ2) is 9.80. The van der Waals surface area contributed by atoms with Crippen LogP contribution in [-0.2, 0) is 11.4 Å². The molecule has 0 radical (unpaired) electrons. The minimum Gasteiger partial charge on any atom is -0.495 e. The third-order valence-electron chi connectivity index (χ3n) is 4.21. The van der Waals surface area contributed by atoms with Gasteiger partial charge in [-0.05, 0) is 48.0 Å². The summed E-state index contributed by atoms with van der Waals surface area (Å²) in [6, 6.07) is 19.3. The molecule has 2 amide bonds. The van der Waals surface area contributed by atoms with Crippen molar-refractivity contribution in [2.75, 3.05) is 17.7 Å². The fourth-order valence-corrected chi connectivity index (χ4v) is 2.92. The zero-order valence-corrected chi connectivity index (χ0v) is 17.3. The number of halogens is 1. The summed E-state index contributed by atoms with van der Waals surface area (Å²) in [6.07, 6.45) is 0. The first-order valence-electron chi connectivity index (χ1n) is 9.19. The summed E-state index contributed by atoms with van der Waals surface area (Å²) in [7, 11) is 1.51. The number of para-hydroxylation sites is 1. The van der Waals surface area contributed by atoms with E-state index in [1.807, 2.05) is 12.1 Å². The Bertz CT molecular complexity index is 1050. The van der Waals surface area contributed by atoms with Gasteiger partial charge in [-0.3, -0.25) is 9.59 Å². The number of carbonyl (C=O) groups is 2. The quantitative estimate of drug-likeness (QED) is 0.550. The van der Waals surface area contributed by atoms with Crippen molar-refractivity contribution < 1.29 is 19.1 Å². The van der Waals surface area contributed by atoms with Crippen molar-refractivity contribution in [1.82, 2.24) is 0 Å². The standard InChI is InChI=1S/C23H21ClN2O4/c1-15(27)25-18-11-12-22(29-2)20(13-18)26-23(28)19-5-3-4-6-21(19)30-14-16-7-9-17(24)10-8-16/h3-13H,14H2,1-2H3,(H,25,27)(H,26,28). The van der Waals surface area contributed by atoms with E-state index in [2.05, 4.69) is 10.6 Å². The monoisotopic (exact) mass is 424 g/mol. The van der Waals surface area contributed by atoms with Crippen molar-refractivity contribution in [3.05, 3.63) is 82.9 Å². The smallest absolute Gasteiger partial charge is 0.259 e. The van der Waals surface area contributed by atoms with E-state index >= 15 is 0 Å². The van der Waals surface area contributed by atoms with Crippen molar-refractivity contribution in [3.63, 3.8) is 0 Å². The third-order valence-corrected chi connectivity index (χ3v) is 4.46. The van der Waals surface area contributed by atoms with Crippen LogP contribution in [0.3, 0.4) is 0 Å². The molecule has 0 aliphatic heterocycles. The molecule has 154 valence electrons. The van der Waals surface area contributed by atoms with Gasteiger partial charge in [0.1, 0.15) is 18.1 Å². The summed E-state index contributed by atoms with van der Waals surface area (Å²) >= 11 is 5.91. The minimum absolute atomic E-state index is 0.210. The molecule has 0 atom stereocenters. The van der Waals surface area contributed by atoms with Gasteiger partial charge in [0.05, 0.1) is 18.4 Å². The lowest BCUT2D eigenvalue weighted by Crippen LogP contribution is -2.15. The lowest BCUT2D eigenvalue weighted by atomic mass is 10.1. The van der Waals surface area contributed by atoms with E-state index in [1.54, 1.807) is 54.6 Å². The number of nitrogens with one attached hydrogen (secondary N) is 2. The highest BCUT2D eigenvalue weighted by Crippen LogP contribution is 2.29. The molecule has 0 aliphatic rings. The molecule has 6 nitrogen and oxygen atoms in total. The molecule has 0 saturated carbocycles. The van der Waals surface area contributed by atoms with Crippen LogP contribution in [0.2, 0.25) is 5.02 Å². The van der Waals surface area contributed by atoms with E-state index in [-0.39, 0.29) is 11.8 Å². The fourth-order valence-electron chi connectivity index (χ4n) is 2.80. The van der Waals surface area contributed by atoms with Crippen LogP contribution in [0.1, 0.15) is 22.8 Å². The van der Waals surface area contributed by atoms with Crippen molar-refractivity contribution >= 4 is 34.8 Å². The predicted octanol–water partition coefficient (Wildman–Crippen LogP) is 5.14. The number of hydrogen-bond acceptors (Lipinski definition) is 4. The summed E-state index contributed by atoms with van der Waals surface area (Å²) in [5, 5.41) is 6.16. The SMILES string of the molecule is COc1ccc(NC(C)=O)cc1NC(=O)c1ccccc1OCc1ccc(Cl)cc1. The highest BCUT2D eigenvalue weighted by atomic mass is 35.5. The molecule has 2 N–H and O–H groups in total. The van der Waals surface area contributed by atoms with Crippen molar-refractivity contribution in [2.24, 2.45) is 0 Å². The first kappa shape index (κ1) is 21.2. The van der Waals surface area contributed by atoms with Gasteiger partial charge in [0.15, 0.2) is 0 Å². The number of amides is 2. The van der Waals surface area contributed by atoms with Gasteiger partial charge in [-0.1, -0.05) is 35.9 Å². The predicted molar refractivity (Wildman–Crippen MR) is 117 cm³/mol. The van der Waals surface area contributed by atoms with Gasteiger partial charge in [-0.25, -0.2) is 0 Å². The van der Waals surface area contributed by atoms with Gasteiger partial charge in [-0.2, -0.15) is 0 Å². The van der Waals surface area contributed by atoms with E-state index in [0.717, 1.165) is 5.56 Å². The summed E-state index contributed by atoms with van der Waals surface area (Å²) < 4.78 is 11.2. The largest absolute Gasteiger partial charge is 0.495 e. The van der Waals surface area contributed by atoms with E-state index in [4.69, 9.17) is 21.1 Å². The van der Waals surface area contributed by atoms with Crippen LogP contribution in [-0.4, -0.2) is 18.9 Å². The van der Waals surface area contributed by atoms with Crippen LogP contribution < -0.4 is 20.1 Å². The first-order valence-corrected chi connectivity index (χ1v) is 9.57. The lowest BCUT2D eigenvalue weighted by Gasteiger charge is -2.14. The summed E-state index contributed by atoms with van der Waals surface area (Å²) in [6.45, 7) is 1.71. The molecule has 0 fully saturated rings. The Morgan fingerprint density at radius 1 is 0.933 bits per heavy atom. The first-order chi connectivity index (χ1) is 14.5. The number of hydrogen-bond donors (Lipinski definition) is 2. The molecule has 0 spiro atoms. The van der Waals surface area contributed by atoms with E-state index in [1.165, 1.54) is 14.0 Å². The topological polar surface area (TPSA) is 76.7 Å². The van der Waals surface area contributed by atoms with Crippen LogP contribution >= 0.6 is 11.6 Å². The minimum atomic E-state index is -0.361. The van der Waals surface area contributed by atoms with Gasteiger partial charge in [0.25, 0.3) is 5.91 Å². The lowest BCUT2D eigenvalue weighted by molar-refractivity contribution is -0.114. The molecule has 3 aromatic rings. The Kier molecular flexibility index (Phi) is 6.93. The number of rotatable bonds is 7. The zero-order chi connectivity index (χ0) is 21.5. The van der Waals surface area contributed by atoms with Gasteiger partial charge < -0.3 is 20.1 Å². The second-order valence-electron chi connectivity index (χ2n) is 6.46. The molecule has 30 heavy (non-hydrogen) atoms. The highest BCUT2D eigenvalue weighted by Gasteiger charge is 2.15. The van der Waals surface area contributed by atoms with Crippen molar-refractivity contribution in [1.29, 1.82) is 0 Å². The average Bonchev–Trinajstić information content (AvgIpc) is 2.73. The zero-order valence-electron chi connectivity index (χ0n) is 16.6. The number of benzene rings is 3. The Morgan fingerprint density at radius 3 is 2.37 bits per heavy atom. The maximum atomic E-state index is 12.9. The van der Waals surface area contributed by atoms with Crippen molar-refractivity contribution in [2.45, 2.75) is 13.5 Å². The molecular formula is C23H21ClN2O4.